The number of rotatable bonds is 6. The van der Waals surface area contributed by atoms with E-state index >= 15 is 0 Å². The molecule has 2 N–H and O–H groups in total. The Morgan fingerprint density at radius 2 is 1.74 bits per heavy atom. The van der Waals surface area contributed by atoms with Crippen molar-refractivity contribution in [1.82, 2.24) is 9.97 Å². The lowest BCUT2D eigenvalue weighted by atomic mass is 10.2. The number of nitrogens with one attached hydrogen (secondary N) is 2. The van der Waals surface area contributed by atoms with Gasteiger partial charge in [-0.05, 0) is 54.6 Å². The van der Waals surface area contributed by atoms with Gasteiger partial charge in [0.05, 0.1) is 7.11 Å². The number of hydrogen-bond donors (Lipinski definition) is 2. The number of hydrogen-bond acceptors (Lipinski definition) is 5. The zero-order valence-corrected chi connectivity index (χ0v) is 16.7. The highest BCUT2D eigenvalue weighted by molar-refractivity contribution is 6.04. The van der Waals surface area contributed by atoms with Crippen LogP contribution in [0.15, 0.2) is 85.1 Å². The summed E-state index contributed by atoms with van der Waals surface area (Å²) in [5.41, 5.74) is 2.50. The molecule has 0 aliphatic carbocycles. The van der Waals surface area contributed by atoms with Crippen molar-refractivity contribution >= 4 is 23.1 Å². The van der Waals surface area contributed by atoms with Crippen LogP contribution in [0.1, 0.15) is 10.4 Å². The molecule has 0 fully saturated rings. The Morgan fingerprint density at radius 3 is 2.52 bits per heavy atom. The molecule has 0 bridgehead atoms. The number of aromatic nitrogens is 2. The van der Waals surface area contributed by atoms with Crippen molar-refractivity contribution in [2.45, 2.75) is 0 Å². The summed E-state index contributed by atoms with van der Waals surface area (Å²) in [7, 11) is 1.57. The van der Waals surface area contributed by atoms with E-state index in [4.69, 9.17) is 4.74 Å². The van der Waals surface area contributed by atoms with Crippen LogP contribution in [0.4, 0.5) is 21.6 Å². The van der Waals surface area contributed by atoms with Crippen molar-refractivity contribution in [3.8, 4) is 17.1 Å². The Hall–Kier alpha value is -4.26. The highest BCUT2D eigenvalue weighted by Crippen LogP contribution is 2.21. The first kappa shape index (κ1) is 20.0. The van der Waals surface area contributed by atoms with E-state index < -0.39 is 0 Å². The maximum Gasteiger partial charge on any atom is 0.255 e. The van der Waals surface area contributed by atoms with Gasteiger partial charge in [-0.3, -0.25) is 4.79 Å². The van der Waals surface area contributed by atoms with Gasteiger partial charge < -0.3 is 15.4 Å². The first-order chi connectivity index (χ1) is 15.1. The summed E-state index contributed by atoms with van der Waals surface area (Å²) < 4.78 is 18.6. The van der Waals surface area contributed by atoms with Gasteiger partial charge in [0, 0.05) is 34.8 Å². The maximum absolute atomic E-state index is 13.5. The second-order valence-corrected chi connectivity index (χ2v) is 6.66. The number of nitrogens with zero attached hydrogens (tertiary/aromatic N) is 2. The van der Waals surface area contributed by atoms with E-state index in [1.165, 1.54) is 12.1 Å². The summed E-state index contributed by atoms with van der Waals surface area (Å²) in [4.78, 5) is 21.1. The largest absolute Gasteiger partial charge is 0.497 e. The monoisotopic (exact) mass is 414 g/mol. The van der Waals surface area contributed by atoms with Crippen LogP contribution in [0.5, 0.6) is 5.75 Å². The van der Waals surface area contributed by atoms with Crippen molar-refractivity contribution in [1.29, 1.82) is 0 Å². The smallest absolute Gasteiger partial charge is 0.255 e. The molecule has 0 aliphatic heterocycles. The molecule has 0 spiro atoms. The molecule has 154 valence electrons. The molecule has 0 aliphatic rings. The average Bonchev–Trinajstić information content (AvgIpc) is 2.80. The van der Waals surface area contributed by atoms with Crippen LogP contribution in [0.25, 0.3) is 11.4 Å². The van der Waals surface area contributed by atoms with E-state index in [1.807, 2.05) is 6.07 Å². The van der Waals surface area contributed by atoms with Gasteiger partial charge in [-0.2, -0.15) is 0 Å². The van der Waals surface area contributed by atoms with Gasteiger partial charge in [-0.15, -0.1) is 0 Å². The van der Waals surface area contributed by atoms with Crippen LogP contribution < -0.4 is 15.4 Å². The van der Waals surface area contributed by atoms with Crippen molar-refractivity contribution in [3.63, 3.8) is 0 Å². The summed E-state index contributed by atoms with van der Waals surface area (Å²) in [6.07, 6.45) is 1.60. The quantitative estimate of drug-likeness (QED) is 0.449. The predicted octanol–water partition coefficient (Wildman–Crippen LogP) is 5.29. The summed E-state index contributed by atoms with van der Waals surface area (Å²) in [6.45, 7) is 0. The molecule has 6 nitrogen and oxygen atoms in total. The molecule has 0 saturated heterocycles. The summed E-state index contributed by atoms with van der Waals surface area (Å²) >= 11 is 0. The van der Waals surface area contributed by atoms with Gasteiger partial charge in [-0.25, -0.2) is 14.4 Å². The fraction of sp³-hybridized carbons (Fsp3) is 0.0417. The zero-order chi connectivity index (χ0) is 21.6. The number of methoxy groups -OCH3 is 1. The van der Waals surface area contributed by atoms with Gasteiger partial charge in [-0.1, -0.05) is 18.2 Å². The molecule has 7 heteroatoms. The SMILES string of the molecule is COc1cccc(NC(=O)c2ccc(Nc3ccnc(-c4cccc(F)c4)n3)cc2)c1. The molecule has 0 saturated carbocycles. The number of carbonyl (C=O) groups is 1. The minimum Gasteiger partial charge on any atom is -0.497 e. The highest BCUT2D eigenvalue weighted by Gasteiger charge is 2.08. The Kier molecular flexibility index (Phi) is 5.84. The molecule has 0 atom stereocenters. The number of carbonyl (C=O) groups excluding carboxylic acids is 1. The Morgan fingerprint density at radius 1 is 0.935 bits per heavy atom. The van der Waals surface area contributed by atoms with Gasteiger partial charge in [0.15, 0.2) is 5.82 Å². The predicted molar refractivity (Wildman–Crippen MR) is 118 cm³/mol. The van der Waals surface area contributed by atoms with E-state index in [1.54, 1.807) is 74.0 Å². The number of ether oxygens (including phenoxy) is 1. The zero-order valence-electron chi connectivity index (χ0n) is 16.7. The fourth-order valence-electron chi connectivity index (χ4n) is 2.95. The van der Waals surface area contributed by atoms with Gasteiger partial charge in [0.1, 0.15) is 17.4 Å². The van der Waals surface area contributed by atoms with Crippen LogP contribution >= 0.6 is 0 Å². The lowest BCUT2D eigenvalue weighted by molar-refractivity contribution is 0.102. The first-order valence-corrected chi connectivity index (χ1v) is 9.52. The van der Waals surface area contributed by atoms with Crippen molar-refractivity contribution in [2.75, 3.05) is 17.7 Å². The molecular weight excluding hydrogens is 395 g/mol. The molecule has 4 aromatic rings. The number of amides is 1. The van der Waals surface area contributed by atoms with Crippen LogP contribution in [0.3, 0.4) is 0 Å². The summed E-state index contributed by atoms with van der Waals surface area (Å²) in [5.74, 6) is 1.07. The van der Waals surface area contributed by atoms with Crippen molar-refractivity contribution in [2.24, 2.45) is 0 Å². The molecule has 3 aromatic carbocycles. The second-order valence-electron chi connectivity index (χ2n) is 6.66. The Labute approximate surface area is 178 Å². The van der Waals surface area contributed by atoms with Crippen LogP contribution in [-0.4, -0.2) is 23.0 Å². The minimum atomic E-state index is -0.345. The van der Waals surface area contributed by atoms with Crippen molar-refractivity contribution < 1.29 is 13.9 Å². The third-order valence-corrected chi connectivity index (χ3v) is 4.49. The fourth-order valence-corrected chi connectivity index (χ4v) is 2.95. The maximum atomic E-state index is 13.5. The van der Waals surface area contributed by atoms with Gasteiger partial charge in [0.2, 0.25) is 0 Å². The summed E-state index contributed by atoms with van der Waals surface area (Å²) in [5, 5.41) is 6.01. The van der Waals surface area contributed by atoms with E-state index in [0.717, 1.165) is 5.69 Å². The van der Waals surface area contributed by atoms with Gasteiger partial charge in [0.25, 0.3) is 5.91 Å². The lowest BCUT2D eigenvalue weighted by Crippen LogP contribution is -2.11. The molecule has 0 radical (unpaired) electrons. The standard InChI is InChI=1S/C24H19FN4O2/c1-31-21-7-3-6-20(15-21)28-24(30)16-8-10-19(11-9-16)27-22-12-13-26-23(29-22)17-4-2-5-18(25)14-17/h2-15H,1H3,(H,28,30)(H,26,27,29). The number of halogens is 1. The normalized spacial score (nSPS) is 10.4. The van der Waals surface area contributed by atoms with Crippen LogP contribution in [0, 0.1) is 5.82 Å². The molecule has 0 unspecified atom stereocenters. The van der Waals surface area contributed by atoms with Crippen LogP contribution in [-0.2, 0) is 0 Å². The van der Waals surface area contributed by atoms with E-state index in [-0.39, 0.29) is 11.7 Å². The van der Waals surface area contributed by atoms with E-state index in [9.17, 15) is 9.18 Å². The molecular formula is C24H19FN4O2. The first-order valence-electron chi connectivity index (χ1n) is 9.52. The van der Waals surface area contributed by atoms with Crippen molar-refractivity contribution in [3.05, 3.63) is 96.4 Å². The number of anilines is 3. The molecule has 4 rings (SSSR count). The lowest BCUT2D eigenvalue weighted by Gasteiger charge is -2.09. The minimum absolute atomic E-state index is 0.227. The summed E-state index contributed by atoms with van der Waals surface area (Å²) in [6, 6.07) is 22.0. The molecule has 1 amide bonds. The average molecular weight is 414 g/mol. The second kappa shape index (κ2) is 9.04. The Balaban J connectivity index is 1.45. The third kappa shape index (κ3) is 5.02. The molecule has 1 aromatic heterocycles. The highest BCUT2D eigenvalue weighted by atomic mass is 19.1. The topological polar surface area (TPSA) is 76.1 Å². The number of benzene rings is 3. The van der Waals surface area contributed by atoms with E-state index in [0.29, 0.717) is 34.2 Å². The Bertz CT molecular complexity index is 1210. The van der Waals surface area contributed by atoms with E-state index in [2.05, 4.69) is 20.6 Å². The third-order valence-electron chi connectivity index (χ3n) is 4.49. The molecule has 31 heavy (non-hydrogen) atoms. The van der Waals surface area contributed by atoms with Crippen LogP contribution in [0.2, 0.25) is 0 Å². The molecule has 1 heterocycles. The van der Waals surface area contributed by atoms with Gasteiger partial charge >= 0.3 is 0 Å².